The van der Waals surface area contributed by atoms with Gasteiger partial charge < -0.3 is 24.3 Å². The molecule has 0 radical (unpaired) electrons. The van der Waals surface area contributed by atoms with Crippen LogP contribution in [0.25, 0.3) is 0 Å². The Balaban J connectivity index is 1.57. The van der Waals surface area contributed by atoms with E-state index in [9.17, 15) is 8.42 Å². The van der Waals surface area contributed by atoms with Crippen LogP contribution in [0.2, 0.25) is 0 Å². The molecule has 0 unspecified atom stereocenters. The number of thiocarbonyl (C=S) groups is 1. The molecule has 2 aliphatic heterocycles. The van der Waals surface area contributed by atoms with Crippen molar-refractivity contribution >= 4 is 38.7 Å². The van der Waals surface area contributed by atoms with Crippen LogP contribution in [0.4, 0.5) is 11.4 Å². The molecule has 36 heavy (non-hydrogen) atoms. The average molecular weight is 528 g/mol. The lowest BCUT2D eigenvalue weighted by Crippen LogP contribution is -2.31. The minimum Gasteiger partial charge on any atom is -0.494 e. The monoisotopic (exact) mass is 527 g/mol. The standard InChI is InChI=1S/C25H29N5O4S2/c1-33-22-15-17(10-11-19(22)28-36(2,31)32)30-24(23(27-25(30)35)20-8-3-4-12-26-20)21-9-5-13-29(21)16-18-7-6-14-34-18/h3-5,8-13,15,18,23-24,28H,6-7,14,16H2,1-2H3,(H,27,35)/t18-,23+,24+/m0/s1. The first kappa shape index (κ1) is 24.5. The average Bonchev–Trinajstić information content (AvgIpc) is 3.60. The lowest BCUT2D eigenvalue weighted by Gasteiger charge is -2.30. The molecule has 5 rings (SSSR count). The van der Waals surface area contributed by atoms with Crippen molar-refractivity contribution in [3.8, 4) is 5.75 Å². The Morgan fingerprint density at radius 3 is 2.81 bits per heavy atom. The molecular formula is C25H29N5O4S2. The second kappa shape index (κ2) is 10.1. The van der Waals surface area contributed by atoms with E-state index in [1.54, 1.807) is 18.3 Å². The van der Waals surface area contributed by atoms with Crippen molar-refractivity contribution in [3.05, 3.63) is 72.3 Å². The highest BCUT2D eigenvalue weighted by molar-refractivity contribution is 7.92. The van der Waals surface area contributed by atoms with Crippen LogP contribution in [0.15, 0.2) is 60.9 Å². The minimum absolute atomic E-state index is 0.181. The fraction of sp³-hybridized carbons (Fsp3) is 0.360. The van der Waals surface area contributed by atoms with Crippen LogP contribution in [0.3, 0.4) is 0 Å². The van der Waals surface area contributed by atoms with Gasteiger partial charge in [0, 0.05) is 43.0 Å². The molecule has 0 amide bonds. The summed E-state index contributed by atoms with van der Waals surface area (Å²) in [6.45, 7) is 1.56. The van der Waals surface area contributed by atoms with Crippen LogP contribution in [0.1, 0.15) is 36.3 Å². The Labute approximate surface area is 216 Å². The molecule has 9 nitrogen and oxygen atoms in total. The number of hydrogen-bond acceptors (Lipinski definition) is 6. The van der Waals surface area contributed by atoms with Gasteiger partial charge in [0.2, 0.25) is 10.0 Å². The van der Waals surface area contributed by atoms with Crippen LogP contribution in [-0.4, -0.2) is 49.2 Å². The van der Waals surface area contributed by atoms with E-state index >= 15 is 0 Å². The van der Waals surface area contributed by atoms with E-state index in [-0.39, 0.29) is 18.2 Å². The zero-order valence-electron chi connectivity index (χ0n) is 20.1. The van der Waals surface area contributed by atoms with E-state index in [1.165, 1.54) is 7.11 Å². The van der Waals surface area contributed by atoms with Crippen LogP contribution in [0.5, 0.6) is 5.75 Å². The van der Waals surface area contributed by atoms with E-state index in [2.05, 4.69) is 31.9 Å². The Morgan fingerprint density at radius 2 is 2.11 bits per heavy atom. The number of benzene rings is 1. The van der Waals surface area contributed by atoms with E-state index in [4.69, 9.17) is 21.7 Å². The van der Waals surface area contributed by atoms with Crippen molar-refractivity contribution in [2.75, 3.05) is 29.6 Å². The third-order valence-corrected chi connectivity index (χ3v) is 7.35. The molecule has 3 aromatic rings. The highest BCUT2D eigenvalue weighted by atomic mass is 32.2. The largest absolute Gasteiger partial charge is 0.494 e. The first-order chi connectivity index (χ1) is 17.3. The summed E-state index contributed by atoms with van der Waals surface area (Å²) in [5, 5.41) is 4.01. The number of methoxy groups -OCH3 is 1. The van der Waals surface area contributed by atoms with E-state index in [0.717, 1.165) is 49.3 Å². The van der Waals surface area contributed by atoms with Crippen LogP contribution >= 0.6 is 12.2 Å². The minimum atomic E-state index is -3.47. The van der Waals surface area contributed by atoms with Gasteiger partial charge in [-0.3, -0.25) is 9.71 Å². The number of pyridine rings is 1. The van der Waals surface area contributed by atoms with Gasteiger partial charge in [-0.2, -0.15) is 0 Å². The Kier molecular flexibility index (Phi) is 6.87. The smallest absolute Gasteiger partial charge is 0.229 e. The molecule has 0 spiro atoms. The van der Waals surface area contributed by atoms with Gasteiger partial charge in [0.1, 0.15) is 11.8 Å². The quantitative estimate of drug-likeness (QED) is 0.429. The fourth-order valence-electron chi connectivity index (χ4n) is 4.92. The van der Waals surface area contributed by atoms with Crippen molar-refractivity contribution in [1.82, 2.24) is 14.9 Å². The summed E-state index contributed by atoms with van der Waals surface area (Å²) in [6, 6.07) is 14.9. The SMILES string of the molecule is COc1cc(N2C(=S)N[C@H](c3ccccn3)[C@H]2c2cccn2C[C@@H]2CCCO2)ccc1NS(C)(=O)=O. The Bertz CT molecular complexity index is 1340. The molecule has 0 bridgehead atoms. The Morgan fingerprint density at radius 1 is 1.25 bits per heavy atom. The molecule has 2 aliphatic rings. The maximum absolute atomic E-state index is 11.8. The van der Waals surface area contributed by atoms with Gasteiger partial charge in [0.25, 0.3) is 0 Å². The van der Waals surface area contributed by atoms with Crippen LogP contribution in [0, 0.1) is 0 Å². The summed E-state index contributed by atoms with van der Waals surface area (Å²) in [5.41, 5.74) is 3.09. The molecule has 2 fully saturated rings. The van der Waals surface area contributed by atoms with Crippen LogP contribution in [-0.2, 0) is 21.3 Å². The zero-order chi connectivity index (χ0) is 25.3. The van der Waals surface area contributed by atoms with Crippen molar-refractivity contribution in [1.29, 1.82) is 0 Å². The van der Waals surface area contributed by atoms with Gasteiger partial charge in [0.15, 0.2) is 5.11 Å². The van der Waals surface area contributed by atoms with Gasteiger partial charge in [-0.25, -0.2) is 8.42 Å². The fourth-order valence-corrected chi connectivity index (χ4v) is 5.83. The van der Waals surface area contributed by atoms with Gasteiger partial charge in [-0.1, -0.05) is 6.07 Å². The Hall–Kier alpha value is -3.15. The number of nitrogens with one attached hydrogen (secondary N) is 2. The zero-order valence-corrected chi connectivity index (χ0v) is 21.8. The maximum atomic E-state index is 11.8. The summed E-state index contributed by atoms with van der Waals surface area (Å²) in [7, 11) is -1.96. The summed E-state index contributed by atoms with van der Waals surface area (Å²) in [4.78, 5) is 6.66. The lowest BCUT2D eigenvalue weighted by molar-refractivity contribution is 0.0961. The molecule has 11 heteroatoms. The molecule has 2 aromatic heterocycles. The van der Waals surface area contributed by atoms with Gasteiger partial charge in [0.05, 0.1) is 36.9 Å². The number of hydrogen-bond donors (Lipinski definition) is 2. The molecule has 3 atom stereocenters. The number of sulfonamides is 1. The predicted molar refractivity (Wildman–Crippen MR) is 143 cm³/mol. The summed E-state index contributed by atoms with van der Waals surface area (Å²) >= 11 is 5.84. The number of aromatic nitrogens is 2. The normalized spacial score (nSPS) is 22.0. The van der Waals surface area contributed by atoms with Crippen molar-refractivity contribution in [2.24, 2.45) is 0 Å². The first-order valence-corrected chi connectivity index (χ1v) is 14.1. The number of ether oxygens (including phenoxy) is 2. The van der Waals surface area contributed by atoms with Gasteiger partial charge in [-0.05, 0) is 61.5 Å². The number of nitrogens with zero attached hydrogens (tertiary/aromatic N) is 3. The van der Waals surface area contributed by atoms with Crippen LogP contribution < -0.4 is 19.7 Å². The topological polar surface area (TPSA) is 97.7 Å². The number of rotatable bonds is 8. The third-order valence-electron chi connectivity index (χ3n) is 6.45. The maximum Gasteiger partial charge on any atom is 0.229 e. The molecule has 2 N–H and O–H groups in total. The molecule has 0 saturated carbocycles. The second-order valence-corrected chi connectivity index (χ2v) is 11.1. The van der Waals surface area contributed by atoms with Crippen molar-refractivity contribution in [3.63, 3.8) is 0 Å². The molecule has 4 heterocycles. The predicted octanol–water partition coefficient (Wildman–Crippen LogP) is 3.62. The molecule has 2 saturated heterocycles. The van der Waals surface area contributed by atoms with Gasteiger partial charge >= 0.3 is 0 Å². The second-order valence-electron chi connectivity index (χ2n) is 8.98. The number of anilines is 2. The van der Waals surface area contributed by atoms with E-state index in [0.29, 0.717) is 16.5 Å². The molecule has 0 aliphatic carbocycles. The summed E-state index contributed by atoms with van der Waals surface area (Å²) in [5.74, 6) is 0.399. The van der Waals surface area contributed by atoms with Gasteiger partial charge in [-0.15, -0.1) is 0 Å². The van der Waals surface area contributed by atoms with Crippen molar-refractivity contribution in [2.45, 2.75) is 37.6 Å². The third kappa shape index (κ3) is 5.04. The molecule has 190 valence electrons. The summed E-state index contributed by atoms with van der Waals surface area (Å²) in [6.07, 6.45) is 7.26. The highest BCUT2D eigenvalue weighted by Gasteiger charge is 2.42. The van der Waals surface area contributed by atoms with Crippen molar-refractivity contribution < 1.29 is 17.9 Å². The first-order valence-electron chi connectivity index (χ1n) is 11.8. The van der Waals surface area contributed by atoms with E-state index < -0.39 is 10.0 Å². The molecular weight excluding hydrogens is 498 g/mol. The van der Waals surface area contributed by atoms with E-state index in [1.807, 2.05) is 35.2 Å². The highest BCUT2D eigenvalue weighted by Crippen LogP contribution is 2.43. The summed E-state index contributed by atoms with van der Waals surface area (Å²) < 4.78 is 39.8. The lowest BCUT2D eigenvalue weighted by atomic mass is 10.0. The molecule has 1 aromatic carbocycles.